The monoisotopic (exact) mass is 429 g/mol. The first kappa shape index (κ1) is 20.9. The average Bonchev–Trinajstić information content (AvgIpc) is 2.81. The average molecular weight is 429 g/mol. The number of fused-ring (bicyclic) bond motifs is 1. The molecule has 0 aliphatic carbocycles. The number of carbonyl (C=O) groups is 1. The van der Waals surface area contributed by atoms with Gasteiger partial charge >= 0.3 is 5.97 Å². The lowest BCUT2D eigenvalue weighted by Crippen LogP contribution is -2.27. The van der Waals surface area contributed by atoms with Gasteiger partial charge in [0.25, 0.3) is 11.2 Å². The fourth-order valence-corrected chi connectivity index (χ4v) is 3.43. The Bertz CT molecular complexity index is 1370. The summed E-state index contributed by atoms with van der Waals surface area (Å²) in [5, 5.41) is 16.1. The summed E-state index contributed by atoms with van der Waals surface area (Å²) < 4.78 is 6.81. The Morgan fingerprint density at radius 1 is 1.03 bits per heavy atom. The van der Waals surface area contributed by atoms with Gasteiger partial charge in [0, 0.05) is 17.5 Å². The van der Waals surface area contributed by atoms with E-state index in [2.05, 4.69) is 5.10 Å². The van der Waals surface area contributed by atoms with Crippen LogP contribution in [0, 0.1) is 10.1 Å². The molecule has 1 atom stereocenters. The molecule has 160 valence electrons. The van der Waals surface area contributed by atoms with Crippen LogP contribution < -0.4 is 5.56 Å². The fraction of sp³-hybridized carbons (Fsp3) is 0.125. The van der Waals surface area contributed by atoms with Gasteiger partial charge in [0.2, 0.25) is 0 Å². The summed E-state index contributed by atoms with van der Waals surface area (Å²) in [6.45, 7) is 1.82. The normalized spacial score (nSPS) is 11.8. The number of nitro benzene ring substituents is 1. The number of hydrogen-bond acceptors (Lipinski definition) is 6. The molecule has 0 radical (unpaired) electrons. The van der Waals surface area contributed by atoms with Crippen molar-refractivity contribution in [1.29, 1.82) is 0 Å². The summed E-state index contributed by atoms with van der Waals surface area (Å²) in [6.07, 6.45) is -0.752. The van der Waals surface area contributed by atoms with Crippen molar-refractivity contribution < 1.29 is 14.5 Å². The van der Waals surface area contributed by atoms with Crippen LogP contribution in [0.2, 0.25) is 0 Å². The summed E-state index contributed by atoms with van der Waals surface area (Å²) in [7, 11) is 0. The van der Waals surface area contributed by atoms with Crippen LogP contribution in [0.3, 0.4) is 0 Å². The van der Waals surface area contributed by atoms with Crippen LogP contribution in [0.5, 0.6) is 0 Å². The maximum absolute atomic E-state index is 13.0. The molecule has 1 heterocycles. The van der Waals surface area contributed by atoms with E-state index in [1.807, 2.05) is 30.3 Å². The molecule has 0 bridgehead atoms. The third kappa shape index (κ3) is 4.24. The highest BCUT2D eigenvalue weighted by atomic mass is 16.6. The zero-order chi connectivity index (χ0) is 22.7. The molecular formula is C24H19N3O5. The first-order chi connectivity index (χ1) is 15.4. The van der Waals surface area contributed by atoms with Crippen molar-refractivity contribution >= 4 is 22.4 Å². The number of carbonyl (C=O) groups excluding carboxylic acids is 1. The van der Waals surface area contributed by atoms with Gasteiger partial charge in [-0.25, -0.2) is 9.48 Å². The zero-order valence-corrected chi connectivity index (χ0v) is 17.2. The zero-order valence-electron chi connectivity index (χ0n) is 17.2. The van der Waals surface area contributed by atoms with Crippen LogP contribution in [0.1, 0.15) is 34.6 Å². The minimum Gasteiger partial charge on any atom is -0.453 e. The van der Waals surface area contributed by atoms with Gasteiger partial charge in [0.05, 0.1) is 16.9 Å². The predicted molar refractivity (Wildman–Crippen MR) is 118 cm³/mol. The third-order valence-corrected chi connectivity index (χ3v) is 5.07. The lowest BCUT2D eigenvalue weighted by molar-refractivity contribution is -0.385. The molecule has 0 spiro atoms. The molecule has 0 amide bonds. The summed E-state index contributed by atoms with van der Waals surface area (Å²) in [5.41, 5.74) is 0.947. The van der Waals surface area contributed by atoms with Crippen molar-refractivity contribution in [3.05, 3.63) is 116 Å². The summed E-state index contributed by atoms with van der Waals surface area (Å²) >= 11 is 0. The van der Waals surface area contributed by atoms with Gasteiger partial charge in [-0.2, -0.15) is 5.10 Å². The number of rotatable bonds is 6. The first-order valence-corrected chi connectivity index (χ1v) is 9.93. The van der Waals surface area contributed by atoms with Crippen molar-refractivity contribution in [3.63, 3.8) is 0 Å². The molecule has 0 fully saturated rings. The van der Waals surface area contributed by atoms with Crippen molar-refractivity contribution in [2.45, 2.75) is 19.6 Å². The molecule has 0 N–H and O–H groups in total. The maximum atomic E-state index is 13.0. The smallest absolute Gasteiger partial charge is 0.360 e. The SMILES string of the molecule is CC(OC(=O)c1nn(Cc2ccccc2)c(=O)c2ccccc12)c1cccc([N+](=O)[O-])c1. The molecule has 0 aliphatic rings. The van der Waals surface area contributed by atoms with Gasteiger partial charge < -0.3 is 4.74 Å². The molecular weight excluding hydrogens is 410 g/mol. The Morgan fingerprint density at radius 3 is 2.44 bits per heavy atom. The Labute approximate surface area is 182 Å². The summed E-state index contributed by atoms with van der Waals surface area (Å²) in [5.74, 6) is -0.720. The highest BCUT2D eigenvalue weighted by Crippen LogP contribution is 2.24. The van der Waals surface area contributed by atoms with Crippen molar-refractivity contribution in [2.24, 2.45) is 0 Å². The van der Waals surface area contributed by atoms with Gasteiger partial charge in [-0.3, -0.25) is 14.9 Å². The highest BCUT2D eigenvalue weighted by Gasteiger charge is 2.21. The second kappa shape index (κ2) is 8.81. The molecule has 8 heteroatoms. The van der Waals surface area contributed by atoms with E-state index in [1.165, 1.54) is 22.9 Å². The van der Waals surface area contributed by atoms with Crippen LogP contribution in [-0.4, -0.2) is 20.7 Å². The van der Waals surface area contributed by atoms with Crippen LogP contribution >= 0.6 is 0 Å². The minimum absolute atomic E-state index is 0.00779. The Balaban J connectivity index is 1.70. The number of aromatic nitrogens is 2. The van der Waals surface area contributed by atoms with Gasteiger partial charge in [0.1, 0.15) is 6.10 Å². The summed E-state index contributed by atoms with van der Waals surface area (Å²) in [4.78, 5) is 36.5. The van der Waals surface area contributed by atoms with E-state index in [1.54, 1.807) is 37.3 Å². The van der Waals surface area contributed by atoms with Crippen LogP contribution in [-0.2, 0) is 11.3 Å². The van der Waals surface area contributed by atoms with E-state index >= 15 is 0 Å². The molecule has 8 nitrogen and oxygen atoms in total. The Hall–Kier alpha value is -4.33. The number of ether oxygens (including phenoxy) is 1. The van der Waals surface area contributed by atoms with Crippen LogP contribution in [0.4, 0.5) is 5.69 Å². The van der Waals surface area contributed by atoms with Gasteiger partial charge in [0.15, 0.2) is 5.69 Å². The second-order valence-corrected chi connectivity index (χ2v) is 7.24. The van der Waals surface area contributed by atoms with Crippen LogP contribution in [0.15, 0.2) is 83.7 Å². The molecule has 0 aliphatic heterocycles. The molecule has 3 aromatic carbocycles. The lowest BCUT2D eigenvalue weighted by Gasteiger charge is -2.15. The van der Waals surface area contributed by atoms with E-state index in [0.717, 1.165) is 5.56 Å². The predicted octanol–water partition coefficient (Wildman–Crippen LogP) is 4.27. The van der Waals surface area contributed by atoms with Crippen molar-refractivity contribution in [2.75, 3.05) is 0 Å². The van der Waals surface area contributed by atoms with E-state index in [9.17, 15) is 19.7 Å². The molecule has 32 heavy (non-hydrogen) atoms. The Kier molecular flexibility index (Phi) is 5.76. The summed E-state index contributed by atoms with van der Waals surface area (Å²) in [6, 6.07) is 21.9. The van der Waals surface area contributed by atoms with Gasteiger partial charge in [-0.05, 0) is 24.1 Å². The number of nitro groups is 1. The molecule has 4 rings (SSSR count). The number of nitrogens with zero attached hydrogens (tertiary/aromatic N) is 3. The lowest BCUT2D eigenvalue weighted by atomic mass is 10.1. The topological polar surface area (TPSA) is 104 Å². The van der Waals surface area contributed by atoms with E-state index in [-0.39, 0.29) is 23.5 Å². The number of non-ortho nitro benzene ring substituents is 1. The molecule has 1 aromatic heterocycles. The van der Waals surface area contributed by atoms with E-state index in [0.29, 0.717) is 16.3 Å². The van der Waals surface area contributed by atoms with Gasteiger partial charge in [-0.15, -0.1) is 0 Å². The standard InChI is InChI=1S/C24H19N3O5/c1-16(18-10-7-11-19(14-18)27(30)31)32-24(29)22-20-12-5-6-13-21(20)23(28)26(25-22)15-17-8-3-2-4-9-17/h2-14,16H,15H2,1H3. The largest absolute Gasteiger partial charge is 0.453 e. The minimum atomic E-state index is -0.752. The molecule has 0 saturated heterocycles. The van der Waals surface area contributed by atoms with Crippen LogP contribution in [0.25, 0.3) is 10.8 Å². The number of hydrogen-bond donors (Lipinski definition) is 0. The van der Waals surface area contributed by atoms with Gasteiger partial charge in [-0.1, -0.05) is 60.7 Å². The highest BCUT2D eigenvalue weighted by molar-refractivity contribution is 6.02. The second-order valence-electron chi connectivity index (χ2n) is 7.24. The molecule has 4 aromatic rings. The van der Waals surface area contributed by atoms with Crippen molar-refractivity contribution in [3.8, 4) is 0 Å². The Morgan fingerprint density at radius 2 is 1.72 bits per heavy atom. The number of esters is 1. The first-order valence-electron chi connectivity index (χ1n) is 9.93. The van der Waals surface area contributed by atoms with E-state index < -0.39 is 17.0 Å². The molecule has 1 unspecified atom stereocenters. The maximum Gasteiger partial charge on any atom is 0.360 e. The van der Waals surface area contributed by atoms with Crippen molar-refractivity contribution in [1.82, 2.24) is 9.78 Å². The van der Waals surface area contributed by atoms with E-state index in [4.69, 9.17) is 4.74 Å². The molecule has 0 saturated carbocycles. The fourth-order valence-electron chi connectivity index (χ4n) is 3.43. The third-order valence-electron chi connectivity index (χ3n) is 5.07. The quantitative estimate of drug-likeness (QED) is 0.258. The number of benzene rings is 3.